The summed E-state index contributed by atoms with van der Waals surface area (Å²) in [6.45, 7) is 8.55. The molecule has 2 aliphatic rings. The lowest BCUT2D eigenvalue weighted by atomic mass is 9.72. The second-order valence-electron chi connectivity index (χ2n) is 5.63. The van der Waals surface area contributed by atoms with E-state index in [-0.39, 0.29) is 0 Å². The fourth-order valence-electron chi connectivity index (χ4n) is 3.71. The minimum Gasteiger partial charge on any atom is -0.297 e. The molecule has 0 N–H and O–H groups in total. The van der Waals surface area contributed by atoms with Crippen molar-refractivity contribution in [2.75, 3.05) is 6.54 Å². The van der Waals surface area contributed by atoms with Crippen LogP contribution in [0.25, 0.3) is 0 Å². The van der Waals surface area contributed by atoms with Crippen molar-refractivity contribution in [3.8, 4) is 0 Å². The van der Waals surface area contributed by atoms with Crippen LogP contribution in [0.1, 0.15) is 52.9 Å². The summed E-state index contributed by atoms with van der Waals surface area (Å²) in [6, 6.07) is 1.67. The molecule has 3 atom stereocenters. The first kappa shape index (κ1) is 10.5. The van der Waals surface area contributed by atoms with Gasteiger partial charge in [0.1, 0.15) is 0 Å². The number of hydrogen-bond acceptors (Lipinski definition) is 1. The zero-order chi connectivity index (χ0) is 10.1. The number of nitrogens with zero attached hydrogens (tertiary/aromatic N) is 1. The van der Waals surface area contributed by atoms with Crippen LogP contribution < -0.4 is 0 Å². The highest BCUT2D eigenvalue weighted by molar-refractivity contribution is 4.91. The first-order valence-corrected chi connectivity index (χ1v) is 6.46. The Balaban J connectivity index is 2.10. The van der Waals surface area contributed by atoms with Crippen molar-refractivity contribution in [1.82, 2.24) is 4.90 Å². The van der Waals surface area contributed by atoms with Gasteiger partial charge in [0, 0.05) is 12.1 Å². The maximum atomic E-state index is 2.78. The van der Waals surface area contributed by atoms with Crippen molar-refractivity contribution in [3.63, 3.8) is 0 Å². The van der Waals surface area contributed by atoms with Crippen LogP contribution in [-0.4, -0.2) is 23.5 Å². The summed E-state index contributed by atoms with van der Waals surface area (Å²) in [5.74, 6) is 1.96. The van der Waals surface area contributed by atoms with Crippen LogP contribution in [0.5, 0.6) is 0 Å². The fraction of sp³-hybridized carbons (Fsp3) is 1.00. The van der Waals surface area contributed by atoms with E-state index in [9.17, 15) is 0 Å². The highest BCUT2D eigenvalue weighted by Crippen LogP contribution is 2.39. The molecule has 1 heteroatoms. The highest BCUT2D eigenvalue weighted by Gasteiger charge is 2.38. The average molecular weight is 195 g/mol. The molecule has 1 aliphatic heterocycles. The summed E-state index contributed by atoms with van der Waals surface area (Å²) in [6.07, 6.45) is 7.38. The van der Waals surface area contributed by atoms with Gasteiger partial charge < -0.3 is 0 Å². The van der Waals surface area contributed by atoms with Crippen molar-refractivity contribution in [1.29, 1.82) is 0 Å². The zero-order valence-electron chi connectivity index (χ0n) is 10.00. The van der Waals surface area contributed by atoms with Crippen LogP contribution in [0.2, 0.25) is 0 Å². The number of piperidine rings is 1. The van der Waals surface area contributed by atoms with Crippen molar-refractivity contribution in [3.05, 3.63) is 0 Å². The Morgan fingerprint density at radius 1 is 1.07 bits per heavy atom. The smallest absolute Gasteiger partial charge is 0.0152 e. The molecular formula is C13H25N. The minimum atomic E-state index is 0.753. The monoisotopic (exact) mass is 195 g/mol. The molecule has 1 aliphatic carbocycles. The van der Waals surface area contributed by atoms with E-state index in [4.69, 9.17) is 0 Å². The van der Waals surface area contributed by atoms with E-state index >= 15 is 0 Å². The van der Waals surface area contributed by atoms with Crippen molar-refractivity contribution in [2.45, 2.75) is 65.0 Å². The molecule has 0 aromatic heterocycles. The molecule has 14 heavy (non-hydrogen) atoms. The van der Waals surface area contributed by atoms with Crippen molar-refractivity contribution < 1.29 is 0 Å². The van der Waals surface area contributed by atoms with E-state index in [0.717, 1.165) is 23.9 Å². The average Bonchev–Trinajstić information content (AvgIpc) is 2.17. The van der Waals surface area contributed by atoms with Gasteiger partial charge >= 0.3 is 0 Å². The SMILES string of the molecule is CC(C)N1CCC[C@H]2CCC[C@H](C)[C@@H]21. The summed E-state index contributed by atoms with van der Waals surface area (Å²) < 4.78 is 0. The summed E-state index contributed by atoms with van der Waals surface area (Å²) in [5, 5.41) is 0. The Hall–Kier alpha value is -0.0400. The largest absolute Gasteiger partial charge is 0.297 e. The third-order valence-electron chi connectivity index (χ3n) is 4.34. The van der Waals surface area contributed by atoms with Gasteiger partial charge in [0.15, 0.2) is 0 Å². The Morgan fingerprint density at radius 3 is 2.50 bits per heavy atom. The maximum Gasteiger partial charge on any atom is 0.0152 e. The normalized spacial score (nSPS) is 39.9. The highest BCUT2D eigenvalue weighted by atomic mass is 15.2. The van der Waals surface area contributed by atoms with Gasteiger partial charge in [-0.25, -0.2) is 0 Å². The number of hydrogen-bond donors (Lipinski definition) is 0. The lowest BCUT2D eigenvalue weighted by Crippen LogP contribution is -2.53. The van der Waals surface area contributed by atoms with E-state index in [0.29, 0.717) is 0 Å². The van der Waals surface area contributed by atoms with Crippen LogP contribution in [0.3, 0.4) is 0 Å². The summed E-state index contributed by atoms with van der Waals surface area (Å²) >= 11 is 0. The van der Waals surface area contributed by atoms with Gasteiger partial charge in [0.05, 0.1) is 0 Å². The van der Waals surface area contributed by atoms with Crippen molar-refractivity contribution >= 4 is 0 Å². The quantitative estimate of drug-likeness (QED) is 0.620. The van der Waals surface area contributed by atoms with Gasteiger partial charge in [-0.1, -0.05) is 13.3 Å². The van der Waals surface area contributed by atoms with Gasteiger partial charge in [0.2, 0.25) is 0 Å². The van der Waals surface area contributed by atoms with Gasteiger partial charge in [-0.2, -0.15) is 0 Å². The van der Waals surface area contributed by atoms with Crippen LogP contribution in [0.15, 0.2) is 0 Å². The second-order valence-corrected chi connectivity index (χ2v) is 5.63. The molecular weight excluding hydrogens is 170 g/mol. The van der Waals surface area contributed by atoms with Crippen molar-refractivity contribution in [2.24, 2.45) is 11.8 Å². The van der Waals surface area contributed by atoms with Crippen LogP contribution in [0.4, 0.5) is 0 Å². The molecule has 0 spiro atoms. The number of likely N-dealkylation sites (tertiary alicyclic amines) is 1. The molecule has 0 amide bonds. The molecule has 0 bridgehead atoms. The Bertz CT molecular complexity index is 186. The molecule has 82 valence electrons. The molecule has 1 saturated heterocycles. The second kappa shape index (κ2) is 4.22. The topological polar surface area (TPSA) is 3.24 Å². The lowest BCUT2D eigenvalue weighted by molar-refractivity contribution is 0.00468. The molecule has 0 aromatic carbocycles. The summed E-state index contributed by atoms with van der Waals surface area (Å²) in [4.78, 5) is 2.78. The predicted octanol–water partition coefficient (Wildman–Crippen LogP) is 3.30. The third-order valence-corrected chi connectivity index (χ3v) is 4.34. The van der Waals surface area contributed by atoms with Gasteiger partial charge in [-0.05, 0) is 57.9 Å². The lowest BCUT2D eigenvalue weighted by Gasteiger charge is -2.49. The van der Waals surface area contributed by atoms with Gasteiger partial charge in [-0.15, -0.1) is 0 Å². The van der Waals surface area contributed by atoms with Crippen LogP contribution in [0, 0.1) is 11.8 Å². The molecule has 1 saturated carbocycles. The standard InChI is InChI=1S/C13H25N/c1-10(2)14-9-5-8-12-7-4-6-11(3)13(12)14/h10-13H,4-9H2,1-3H3/t11-,12+,13-/m0/s1. The maximum absolute atomic E-state index is 2.78. The van der Waals surface area contributed by atoms with E-state index < -0.39 is 0 Å². The van der Waals surface area contributed by atoms with Crippen LogP contribution in [-0.2, 0) is 0 Å². The Morgan fingerprint density at radius 2 is 1.79 bits per heavy atom. The predicted molar refractivity (Wildman–Crippen MR) is 61.4 cm³/mol. The first-order valence-electron chi connectivity index (χ1n) is 6.46. The van der Waals surface area contributed by atoms with E-state index in [1.165, 1.54) is 38.6 Å². The molecule has 0 unspecified atom stereocenters. The molecule has 0 radical (unpaired) electrons. The number of rotatable bonds is 1. The molecule has 2 rings (SSSR count). The van der Waals surface area contributed by atoms with E-state index in [1.54, 1.807) is 0 Å². The Kier molecular flexibility index (Phi) is 3.16. The van der Waals surface area contributed by atoms with E-state index in [1.807, 2.05) is 0 Å². The minimum absolute atomic E-state index is 0.753. The van der Waals surface area contributed by atoms with Gasteiger partial charge in [-0.3, -0.25) is 4.90 Å². The number of fused-ring (bicyclic) bond motifs is 1. The molecule has 0 aromatic rings. The summed E-state index contributed by atoms with van der Waals surface area (Å²) in [5.41, 5.74) is 0. The third kappa shape index (κ3) is 1.84. The van der Waals surface area contributed by atoms with Gasteiger partial charge in [0.25, 0.3) is 0 Å². The fourth-order valence-corrected chi connectivity index (χ4v) is 3.71. The summed E-state index contributed by atoms with van der Waals surface area (Å²) in [7, 11) is 0. The first-order chi connectivity index (χ1) is 6.70. The molecule has 2 fully saturated rings. The Labute approximate surface area is 88.9 Å². The molecule has 1 nitrogen and oxygen atoms in total. The zero-order valence-corrected chi connectivity index (χ0v) is 10.00. The molecule has 1 heterocycles. The van der Waals surface area contributed by atoms with Crippen LogP contribution >= 0.6 is 0 Å². The van der Waals surface area contributed by atoms with E-state index in [2.05, 4.69) is 25.7 Å².